The van der Waals surface area contributed by atoms with Crippen LogP contribution in [0.4, 0.5) is 17.1 Å². The number of non-ortho nitro benzene ring substituents is 1. The van der Waals surface area contributed by atoms with E-state index in [-0.39, 0.29) is 13.1 Å². The molecule has 11 heteroatoms. The quantitative estimate of drug-likeness (QED) is 0.574. The first-order valence-electron chi connectivity index (χ1n) is 6.15. The van der Waals surface area contributed by atoms with Crippen LogP contribution in [0.2, 0.25) is 0 Å². The minimum absolute atomic E-state index is 0.181. The van der Waals surface area contributed by atoms with Gasteiger partial charge in [-0.15, -0.1) is 0 Å². The summed E-state index contributed by atoms with van der Waals surface area (Å²) in [5.41, 5.74) is -3.51. The molecule has 1 amide bonds. The number of benzene rings is 1. The van der Waals surface area contributed by atoms with Crippen molar-refractivity contribution in [3.05, 3.63) is 48.0 Å². The summed E-state index contributed by atoms with van der Waals surface area (Å²) in [5.74, 6) is -0.918. The molecule has 0 aliphatic carbocycles. The van der Waals surface area contributed by atoms with E-state index in [0.717, 1.165) is 4.90 Å². The van der Waals surface area contributed by atoms with Crippen LogP contribution < -0.4 is 0 Å². The van der Waals surface area contributed by atoms with Gasteiger partial charge in [0.15, 0.2) is 5.56 Å². The van der Waals surface area contributed by atoms with Gasteiger partial charge in [0.25, 0.3) is 23.0 Å². The summed E-state index contributed by atoms with van der Waals surface area (Å²) in [5, 5.41) is 32.9. The number of rotatable bonds is 6. The Kier molecular flexibility index (Phi) is 5.05. The topological polar surface area (TPSA) is 150 Å². The van der Waals surface area contributed by atoms with E-state index in [9.17, 15) is 35.1 Å². The Balaban J connectivity index is 3.72. The molecule has 0 aliphatic rings. The highest BCUT2D eigenvalue weighted by Gasteiger charge is 2.36. The third-order valence-corrected chi connectivity index (χ3v) is 2.95. The predicted octanol–water partition coefficient (Wildman–Crippen LogP) is 1.89. The van der Waals surface area contributed by atoms with Crippen molar-refractivity contribution in [3.8, 4) is 0 Å². The second-order valence-electron chi connectivity index (χ2n) is 4.11. The lowest BCUT2D eigenvalue weighted by atomic mass is 10.1. The largest absolute Gasteiger partial charge is 0.339 e. The summed E-state index contributed by atoms with van der Waals surface area (Å²) in [7, 11) is 0. The molecule has 0 bridgehead atoms. The molecule has 22 heavy (non-hydrogen) atoms. The van der Waals surface area contributed by atoms with Crippen molar-refractivity contribution in [2.24, 2.45) is 0 Å². The third kappa shape index (κ3) is 3.13. The Bertz CT molecular complexity index is 619. The lowest BCUT2D eigenvalue weighted by molar-refractivity contribution is -0.403. The molecule has 0 saturated heterocycles. The van der Waals surface area contributed by atoms with Crippen LogP contribution in [0.25, 0.3) is 0 Å². The van der Waals surface area contributed by atoms with Crippen LogP contribution >= 0.6 is 0 Å². The van der Waals surface area contributed by atoms with Crippen molar-refractivity contribution in [2.45, 2.75) is 13.8 Å². The fourth-order valence-electron chi connectivity index (χ4n) is 1.88. The first kappa shape index (κ1) is 16.9. The number of amides is 1. The molecule has 1 rings (SSSR count). The van der Waals surface area contributed by atoms with Crippen LogP contribution in [0.15, 0.2) is 12.1 Å². The Morgan fingerprint density at radius 1 is 0.955 bits per heavy atom. The number of nitro groups is 3. The van der Waals surface area contributed by atoms with E-state index in [1.165, 1.54) is 0 Å². The maximum absolute atomic E-state index is 12.3. The standard InChI is InChI=1S/C11H12N4O7/c1-3-12(4-2)11(16)10-8(14(19)20)5-7(13(17)18)6-9(10)15(21)22/h5-6H,3-4H2,1-2H3. The van der Waals surface area contributed by atoms with Crippen LogP contribution in [0.3, 0.4) is 0 Å². The summed E-state index contributed by atoms with van der Waals surface area (Å²) in [6, 6.07) is 1.09. The first-order valence-corrected chi connectivity index (χ1v) is 6.15. The normalized spacial score (nSPS) is 10.1. The molecular formula is C11H12N4O7. The molecular weight excluding hydrogens is 300 g/mol. The highest BCUT2D eigenvalue weighted by atomic mass is 16.6. The monoisotopic (exact) mass is 312 g/mol. The minimum atomic E-state index is -1.04. The Morgan fingerprint density at radius 3 is 1.64 bits per heavy atom. The van der Waals surface area contributed by atoms with Crippen molar-refractivity contribution in [2.75, 3.05) is 13.1 Å². The zero-order chi connectivity index (χ0) is 17.0. The summed E-state index contributed by atoms with van der Waals surface area (Å²) < 4.78 is 0. The van der Waals surface area contributed by atoms with E-state index in [2.05, 4.69) is 0 Å². The summed E-state index contributed by atoms with van der Waals surface area (Å²) in [6.07, 6.45) is 0. The second kappa shape index (κ2) is 6.56. The molecule has 1 aromatic rings. The summed E-state index contributed by atoms with van der Waals surface area (Å²) >= 11 is 0. The van der Waals surface area contributed by atoms with E-state index in [0.29, 0.717) is 12.1 Å². The van der Waals surface area contributed by atoms with Crippen LogP contribution in [0.5, 0.6) is 0 Å². The third-order valence-electron chi connectivity index (χ3n) is 2.95. The van der Waals surface area contributed by atoms with E-state index in [4.69, 9.17) is 0 Å². The van der Waals surface area contributed by atoms with E-state index in [1.807, 2.05) is 0 Å². The smallest absolute Gasteiger partial charge is 0.296 e. The van der Waals surface area contributed by atoms with Gasteiger partial charge in [0, 0.05) is 13.1 Å². The van der Waals surface area contributed by atoms with E-state index < -0.39 is 43.3 Å². The van der Waals surface area contributed by atoms with Gasteiger partial charge < -0.3 is 4.90 Å². The molecule has 0 N–H and O–H groups in total. The number of nitro benzene ring substituents is 3. The molecule has 0 aromatic heterocycles. The molecule has 0 heterocycles. The molecule has 118 valence electrons. The summed E-state index contributed by atoms with van der Waals surface area (Å²) in [4.78, 5) is 43.2. The summed E-state index contributed by atoms with van der Waals surface area (Å²) in [6.45, 7) is 3.57. The van der Waals surface area contributed by atoms with Crippen LogP contribution in [-0.4, -0.2) is 38.7 Å². The van der Waals surface area contributed by atoms with Crippen molar-refractivity contribution in [1.82, 2.24) is 4.90 Å². The Labute approximate surface area is 123 Å². The predicted molar refractivity (Wildman–Crippen MR) is 73.7 cm³/mol. The molecule has 11 nitrogen and oxygen atoms in total. The molecule has 1 aromatic carbocycles. The number of hydrogen-bond acceptors (Lipinski definition) is 7. The molecule has 0 aliphatic heterocycles. The number of carbonyl (C=O) groups excluding carboxylic acids is 1. The molecule has 0 saturated carbocycles. The van der Waals surface area contributed by atoms with Gasteiger partial charge in [-0.05, 0) is 13.8 Å². The van der Waals surface area contributed by atoms with Gasteiger partial charge in [0.05, 0.1) is 26.9 Å². The van der Waals surface area contributed by atoms with Gasteiger partial charge >= 0.3 is 0 Å². The average molecular weight is 312 g/mol. The maximum atomic E-state index is 12.3. The lowest BCUT2D eigenvalue weighted by Crippen LogP contribution is -2.31. The molecule has 0 atom stereocenters. The Hall–Kier alpha value is -3.11. The van der Waals surface area contributed by atoms with Crippen molar-refractivity contribution in [3.63, 3.8) is 0 Å². The lowest BCUT2D eigenvalue weighted by Gasteiger charge is -2.18. The van der Waals surface area contributed by atoms with E-state index >= 15 is 0 Å². The fraction of sp³-hybridized carbons (Fsp3) is 0.364. The van der Waals surface area contributed by atoms with Crippen LogP contribution in [-0.2, 0) is 0 Å². The molecule has 0 radical (unpaired) electrons. The van der Waals surface area contributed by atoms with E-state index in [1.54, 1.807) is 13.8 Å². The van der Waals surface area contributed by atoms with Gasteiger partial charge in [-0.2, -0.15) is 0 Å². The van der Waals surface area contributed by atoms with Crippen molar-refractivity contribution >= 4 is 23.0 Å². The maximum Gasteiger partial charge on any atom is 0.296 e. The van der Waals surface area contributed by atoms with Gasteiger partial charge in [-0.3, -0.25) is 35.1 Å². The molecule has 0 fully saturated rings. The second-order valence-corrected chi connectivity index (χ2v) is 4.11. The number of nitrogens with zero attached hydrogens (tertiary/aromatic N) is 4. The number of hydrogen-bond donors (Lipinski definition) is 0. The van der Waals surface area contributed by atoms with Crippen LogP contribution in [0.1, 0.15) is 24.2 Å². The van der Waals surface area contributed by atoms with Crippen molar-refractivity contribution in [1.29, 1.82) is 0 Å². The molecule has 0 spiro atoms. The van der Waals surface area contributed by atoms with Gasteiger partial charge in [-0.25, -0.2) is 0 Å². The van der Waals surface area contributed by atoms with Crippen LogP contribution in [0, 0.1) is 30.3 Å². The van der Waals surface area contributed by atoms with Gasteiger partial charge in [-0.1, -0.05) is 0 Å². The first-order chi connectivity index (χ1) is 10.2. The average Bonchev–Trinajstić information content (AvgIpc) is 2.46. The highest BCUT2D eigenvalue weighted by molar-refractivity contribution is 6.02. The SMILES string of the molecule is CCN(CC)C(=O)c1c([N+](=O)[O-])cc([N+](=O)[O-])cc1[N+](=O)[O-]. The van der Waals surface area contributed by atoms with Crippen molar-refractivity contribution < 1.29 is 19.6 Å². The fourth-order valence-corrected chi connectivity index (χ4v) is 1.88. The highest BCUT2D eigenvalue weighted by Crippen LogP contribution is 2.34. The zero-order valence-electron chi connectivity index (χ0n) is 11.7. The number of carbonyl (C=O) groups is 1. The van der Waals surface area contributed by atoms with Gasteiger partial charge in [0.2, 0.25) is 0 Å². The zero-order valence-corrected chi connectivity index (χ0v) is 11.7. The van der Waals surface area contributed by atoms with Gasteiger partial charge in [0.1, 0.15) is 0 Å². The minimum Gasteiger partial charge on any atom is -0.339 e. The Morgan fingerprint density at radius 2 is 1.36 bits per heavy atom. The molecule has 0 unspecified atom stereocenters.